The van der Waals surface area contributed by atoms with Crippen molar-refractivity contribution >= 4 is 11.6 Å². The number of allylic oxidation sites excluding steroid dienone is 1. The molecule has 4 rings (SSSR count). The number of nitrogens with zero attached hydrogens (tertiary/aromatic N) is 2. The van der Waals surface area contributed by atoms with E-state index in [1.807, 2.05) is 54.6 Å². The van der Waals surface area contributed by atoms with Crippen LogP contribution in [0.15, 0.2) is 78.5 Å². The monoisotopic (exact) mass is 447 g/mol. The summed E-state index contributed by atoms with van der Waals surface area (Å²) in [5.41, 5.74) is 6.05. The smallest absolute Gasteiger partial charge is 0.257 e. The minimum Gasteiger partial charge on any atom is -0.497 e. The molecule has 1 amide bonds. The Morgan fingerprint density at radius 1 is 1.09 bits per heavy atom. The van der Waals surface area contributed by atoms with Gasteiger partial charge in [0.1, 0.15) is 5.75 Å². The summed E-state index contributed by atoms with van der Waals surface area (Å²) in [6.45, 7) is 8.09. The zero-order valence-electron chi connectivity index (χ0n) is 19.3. The number of β-lactam (4-membered cyclic amide) rings is 1. The number of nitrogens with one attached hydrogen (secondary N) is 1. The first-order chi connectivity index (χ1) is 16.2. The predicted octanol–water partition coefficient (Wildman–Crippen LogP) is 4.62. The van der Waals surface area contributed by atoms with Gasteiger partial charge in [0.05, 0.1) is 25.5 Å². The van der Waals surface area contributed by atoms with E-state index in [0.717, 1.165) is 30.0 Å². The van der Waals surface area contributed by atoms with Crippen LogP contribution in [0.3, 0.4) is 0 Å². The molecular weight excluding hydrogens is 414 g/mol. The number of hydroxylamine groups is 1. The maximum Gasteiger partial charge on any atom is 0.257 e. The fraction of sp³-hybridized carbons (Fsp3) is 0.370. The van der Waals surface area contributed by atoms with E-state index in [-0.39, 0.29) is 11.9 Å². The van der Waals surface area contributed by atoms with Gasteiger partial charge in [0, 0.05) is 17.8 Å². The Hall–Kier alpha value is -3.09. The summed E-state index contributed by atoms with van der Waals surface area (Å²) >= 11 is 0. The Balaban J connectivity index is 1.37. The van der Waals surface area contributed by atoms with Crippen molar-refractivity contribution in [2.24, 2.45) is 0 Å². The molecule has 174 valence electrons. The highest BCUT2D eigenvalue weighted by Crippen LogP contribution is 2.43. The van der Waals surface area contributed by atoms with Crippen molar-refractivity contribution in [3.63, 3.8) is 0 Å². The molecule has 0 radical (unpaired) electrons. The van der Waals surface area contributed by atoms with Crippen molar-refractivity contribution in [2.75, 3.05) is 38.3 Å². The average molecular weight is 448 g/mol. The highest BCUT2D eigenvalue weighted by atomic mass is 16.6. The van der Waals surface area contributed by atoms with E-state index < -0.39 is 0 Å². The maximum atomic E-state index is 13.1. The van der Waals surface area contributed by atoms with Crippen LogP contribution < -0.4 is 15.1 Å². The van der Waals surface area contributed by atoms with Crippen LogP contribution in [-0.2, 0) is 9.63 Å². The standard InChI is InChI=1S/C27H33N3O3/c1-21(28-33-19-9-18-29-16-7-4-8-17-29)20-25-26(22-10-5-3-6-11-22)30(27(25)31)23-12-14-24(32-2)15-13-23/h3,5-6,10-15,20,26,28H,1,4,7-9,16-19H2,2H3. The number of anilines is 1. The van der Waals surface area contributed by atoms with Crippen LogP contribution in [0.1, 0.15) is 37.3 Å². The normalized spacial score (nSPS) is 19.9. The van der Waals surface area contributed by atoms with Gasteiger partial charge < -0.3 is 9.64 Å². The average Bonchev–Trinajstić information content (AvgIpc) is 2.86. The Morgan fingerprint density at radius 2 is 1.82 bits per heavy atom. The predicted molar refractivity (Wildman–Crippen MR) is 131 cm³/mol. The Kier molecular flexibility index (Phi) is 7.81. The van der Waals surface area contributed by atoms with E-state index in [1.54, 1.807) is 18.1 Å². The van der Waals surface area contributed by atoms with Crippen molar-refractivity contribution in [2.45, 2.75) is 31.7 Å². The molecule has 1 atom stereocenters. The fourth-order valence-corrected chi connectivity index (χ4v) is 4.46. The molecule has 2 aromatic rings. The lowest BCUT2D eigenvalue weighted by Crippen LogP contribution is -2.49. The van der Waals surface area contributed by atoms with Crippen LogP contribution in [0.5, 0.6) is 5.75 Å². The van der Waals surface area contributed by atoms with Crippen LogP contribution in [0.2, 0.25) is 0 Å². The van der Waals surface area contributed by atoms with Gasteiger partial charge in [-0.1, -0.05) is 43.3 Å². The number of benzene rings is 2. The summed E-state index contributed by atoms with van der Waals surface area (Å²) in [5, 5.41) is 0. The van der Waals surface area contributed by atoms with Crippen LogP contribution >= 0.6 is 0 Å². The molecule has 2 heterocycles. The van der Waals surface area contributed by atoms with Gasteiger partial charge in [-0.2, -0.15) is 0 Å². The minimum atomic E-state index is -0.176. The van der Waals surface area contributed by atoms with Crippen LogP contribution in [0.25, 0.3) is 0 Å². The molecule has 2 fully saturated rings. The number of carbonyl (C=O) groups is 1. The van der Waals surface area contributed by atoms with Gasteiger partial charge in [-0.05, 0) is 68.3 Å². The quantitative estimate of drug-likeness (QED) is 0.249. The van der Waals surface area contributed by atoms with Gasteiger partial charge in [0.2, 0.25) is 0 Å². The summed E-state index contributed by atoms with van der Waals surface area (Å²) in [5.74, 6) is 0.718. The van der Waals surface area contributed by atoms with E-state index in [1.165, 1.54) is 32.4 Å². The molecule has 2 saturated heterocycles. The third kappa shape index (κ3) is 5.64. The largest absolute Gasteiger partial charge is 0.497 e. The molecule has 6 heteroatoms. The topological polar surface area (TPSA) is 54.0 Å². The van der Waals surface area contributed by atoms with Gasteiger partial charge in [-0.15, -0.1) is 0 Å². The van der Waals surface area contributed by atoms with Crippen molar-refractivity contribution in [3.05, 3.63) is 84.1 Å². The molecule has 2 aliphatic rings. The summed E-state index contributed by atoms with van der Waals surface area (Å²) in [7, 11) is 1.63. The minimum absolute atomic E-state index is 0.0398. The second kappa shape index (κ2) is 11.2. The first-order valence-corrected chi connectivity index (χ1v) is 11.7. The Labute approximate surface area is 196 Å². The molecule has 2 aromatic carbocycles. The van der Waals surface area contributed by atoms with Crippen molar-refractivity contribution in [1.29, 1.82) is 0 Å². The number of hydrogen-bond donors (Lipinski definition) is 1. The van der Waals surface area contributed by atoms with Crippen LogP contribution in [-0.4, -0.2) is 44.2 Å². The first-order valence-electron chi connectivity index (χ1n) is 11.7. The molecule has 0 spiro atoms. The molecule has 33 heavy (non-hydrogen) atoms. The number of likely N-dealkylation sites (tertiary alicyclic amines) is 1. The third-order valence-corrected chi connectivity index (χ3v) is 6.19. The third-order valence-electron chi connectivity index (χ3n) is 6.19. The molecule has 2 aliphatic heterocycles. The number of carbonyl (C=O) groups excluding carboxylic acids is 1. The molecule has 1 unspecified atom stereocenters. The van der Waals surface area contributed by atoms with Gasteiger partial charge in [-0.25, -0.2) is 0 Å². The zero-order chi connectivity index (χ0) is 23.0. The number of amides is 1. The van der Waals surface area contributed by atoms with E-state index in [9.17, 15) is 4.79 Å². The highest BCUT2D eigenvalue weighted by Gasteiger charge is 2.43. The van der Waals surface area contributed by atoms with E-state index >= 15 is 0 Å². The molecular formula is C27H33N3O3. The van der Waals surface area contributed by atoms with Crippen molar-refractivity contribution in [1.82, 2.24) is 10.4 Å². The number of ether oxygens (including phenoxy) is 1. The van der Waals surface area contributed by atoms with Crippen LogP contribution in [0, 0.1) is 0 Å². The number of piperidine rings is 1. The van der Waals surface area contributed by atoms with E-state index in [2.05, 4.69) is 17.0 Å². The molecule has 0 aromatic heterocycles. The molecule has 0 bridgehead atoms. The Bertz CT molecular complexity index is 966. The van der Waals surface area contributed by atoms with Crippen molar-refractivity contribution in [3.8, 4) is 5.75 Å². The Morgan fingerprint density at radius 3 is 2.52 bits per heavy atom. The van der Waals surface area contributed by atoms with Gasteiger partial charge in [-0.3, -0.25) is 20.0 Å². The molecule has 0 aliphatic carbocycles. The summed E-state index contributed by atoms with van der Waals surface area (Å²) in [6, 6.07) is 17.4. The lowest BCUT2D eigenvalue weighted by atomic mass is 9.86. The van der Waals surface area contributed by atoms with Gasteiger partial charge >= 0.3 is 0 Å². The summed E-state index contributed by atoms with van der Waals surface area (Å²) in [6.07, 6.45) is 6.71. The number of rotatable bonds is 10. The van der Waals surface area contributed by atoms with Crippen LogP contribution in [0.4, 0.5) is 5.69 Å². The molecule has 6 nitrogen and oxygen atoms in total. The summed E-state index contributed by atoms with van der Waals surface area (Å²) in [4.78, 5) is 23.0. The summed E-state index contributed by atoms with van der Waals surface area (Å²) < 4.78 is 5.25. The highest BCUT2D eigenvalue weighted by molar-refractivity contribution is 6.15. The molecule has 0 saturated carbocycles. The zero-order valence-corrected chi connectivity index (χ0v) is 19.3. The second-order valence-corrected chi connectivity index (χ2v) is 8.52. The fourth-order valence-electron chi connectivity index (χ4n) is 4.46. The van der Waals surface area contributed by atoms with Gasteiger partial charge in [0.25, 0.3) is 5.91 Å². The van der Waals surface area contributed by atoms with Crippen molar-refractivity contribution < 1.29 is 14.4 Å². The first kappa shape index (κ1) is 23.1. The SMILES string of the molecule is C=C(C=C1C(=O)N(c2ccc(OC)cc2)C1c1ccccc1)NOCCCN1CCCCC1. The van der Waals surface area contributed by atoms with Gasteiger partial charge in [0.15, 0.2) is 0 Å². The second-order valence-electron chi connectivity index (χ2n) is 8.52. The number of hydrogen-bond acceptors (Lipinski definition) is 5. The van der Waals surface area contributed by atoms with E-state index in [0.29, 0.717) is 17.9 Å². The lowest BCUT2D eigenvalue weighted by Gasteiger charge is -2.43. The van der Waals surface area contributed by atoms with E-state index in [4.69, 9.17) is 9.57 Å². The maximum absolute atomic E-state index is 13.1. The lowest BCUT2D eigenvalue weighted by molar-refractivity contribution is -0.119. The number of methoxy groups -OCH3 is 1. The molecule has 1 N–H and O–H groups in total.